The summed E-state index contributed by atoms with van der Waals surface area (Å²) in [6, 6.07) is 16.8. The van der Waals surface area contributed by atoms with E-state index >= 15 is 0 Å². The quantitative estimate of drug-likeness (QED) is 0.274. The molecule has 4 saturated carbocycles. The molecule has 2 aromatic carbocycles. The number of nitrogens with one attached hydrogen (secondary N) is 1. The molecule has 0 saturated heterocycles. The zero-order valence-electron chi connectivity index (χ0n) is 25.0. The maximum atomic E-state index is 13.8. The lowest BCUT2D eigenvalue weighted by Gasteiger charge is -2.58. The summed E-state index contributed by atoms with van der Waals surface area (Å²) in [5, 5.41) is 14.0. The minimum Gasteiger partial charge on any atom is -0.464 e. The monoisotopic (exact) mass is 631 g/mol. The number of hydrogen-bond acceptors (Lipinski definition) is 6. The van der Waals surface area contributed by atoms with Crippen LogP contribution in [-0.2, 0) is 17.3 Å². The second kappa shape index (κ2) is 11.1. The number of fused-ring (bicyclic) bond motifs is 1. The summed E-state index contributed by atoms with van der Waals surface area (Å²) in [4.78, 5) is 44.2. The van der Waals surface area contributed by atoms with Crippen molar-refractivity contribution in [2.24, 2.45) is 17.8 Å². The van der Waals surface area contributed by atoms with Gasteiger partial charge in [-0.05, 0) is 91.8 Å². The molecular weight excluding hydrogens is 599 g/mol. The highest BCUT2D eigenvalue weighted by Gasteiger charge is 2.55. The second-order valence-corrected chi connectivity index (χ2v) is 13.0. The molecule has 11 heteroatoms. The summed E-state index contributed by atoms with van der Waals surface area (Å²) in [5.74, 6) is -0.0765. The van der Waals surface area contributed by atoms with Crippen LogP contribution >= 0.6 is 0 Å². The Morgan fingerprint density at radius 2 is 1.67 bits per heavy atom. The fourth-order valence-corrected chi connectivity index (χ4v) is 8.20. The number of carbonyl (C=O) groups excluding carboxylic acids is 2. The van der Waals surface area contributed by atoms with Gasteiger partial charge < -0.3 is 15.2 Å². The summed E-state index contributed by atoms with van der Waals surface area (Å²) < 4.78 is 47.3. The van der Waals surface area contributed by atoms with E-state index in [1.54, 1.807) is 54.6 Å². The highest BCUT2D eigenvalue weighted by Crippen LogP contribution is 2.55. The van der Waals surface area contributed by atoms with Crippen LogP contribution < -0.4 is 10.7 Å². The number of rotatable bonds is 6. The van der Waals surface area contributed by atoms with Crippen LogP contribution in [0.3, 0.4) is 0 Å². The lowest BCUT2D eigenvalue weighted by molar-refractivity contribution is -0.141. The van der Waals surface area contributed by atoms with Gasteiger partial charge >= 0.3 is 12.1 Å². The predicted molar refractivity (Wildman–Crippen MR) is 163 cm³/mol. The molecule has 0 spiro atoms. The molecule has 4 bridgehead atoms. The van der Waals surface area contributed by atoms with E-state index in [1.807, 2.05) is 0 Å². The van der Waals surface area contributed by atoms with Crippen LogP contribution in [0.2, 0.25) is 0 Å². The van der Waals surface area contributed by atoms with Crippen LogP contribution in [0.4, 0.5) is 13.2 Å². The van der Waals surface area contributed by atoms with Crippen molar-refractivity contribution in [1.82, 2.24) is 14.9 Å². The van der Waals surface area contributed by atoms with Crippen LogP contribution in [0, 0.1) is 17.8 Å². The molecule has 4 aromatic rings. The molecule has 5 atom stereocenters. The third-order valence-corrected chi connectivity index (χ3v) is 9.93. The standard InChI is InChI=1S/C35H32F3N3O5/c1-46-33(44)29-26(30(42)25-11-12-27(35(36,37)38)39-31(25)41(29)24-5-3-2-4-6-24)15-19-7-9-21(10-8-19)32(43)40-28-22-13-20-14-23(28)18-34(45,16-20)17-22/h2-12,20,22-23,28,45H,13-18H2,1H3,(H,40,43)/t20-,22-,23+,28-,34+. The molecule has 2 aromatic heterocycles. The number of alkyl halides is 3. The zero-order chi connectivity index (χ0) is 32.4. The average Bonchev–Trinajstić information content (AvgIpc) is 3.02. The Morgan fingerprint density at radius 1 is 1.00 bits per heavy atom. The molecule has 238 valence electrons. The lowest BCUT2D eigenvalue weighted by atomic mass is 9.52. The molecule has 0 aliphatic heterocycles. The first-order valence-corrected chi connectivity index (χ1v) is 15.4. The summed E-state index contributed by atoms with van der Waals surface area (Å²) in [5.41, 5.74) is -1.61. The Bertz CT molecular complexity index is 1890. The van der Waals surface area contributed by atoms with Crippen molar-refractivity contribution in [3.63, 3.8) is 0 Å². The number of pyridine rings is 2. The van der Waals surface area contributed by atoms with Crippen LogP contribution in [-0.4, -0.2) is 45.3 Å². The topological polar surface area (TPSA) is 111 Å². The third-order valence-electron chi connectivity index (χ3n) is 9.93. The number of amides is 1. The number of aromatic nitrogens is 2. The molecule has 4 fully saturated rings. The average molecular weight is 632 g/mol. The zero-order valence-corrected chi connectivity index (χ0v) is 25.0. The molecule has 8 nitrogen and oxygen atoms in total. The number of halogens is 3. The van der Waals surface area contributed by atoms with Crippen molar-refractivity contribution in [3.05, 3.63) is 105 Å². The van der Waals surface area contributed by atoms with Gasteiger partial charge in [0, 0.05) is 29.3 Å². The second-order valence-electron chi connectivity index (χ2n) is 13.0. The highest BCUT2D eigenvalue weighted by atomic mass is 19.4. The van der Waals surface area contributed by atoms with Gasteiger partial charge in [0.15, 0.2) is 5.43 Å². The molecule has 46 heavy (non-hydrogen) atoms. The van der Waals surface area contributed by atoms with Crippen molar-refractivity contribution in [2.45, 2.75) is 56.3 Å². The molecule has 8 rings (SSSR count). The molecule has 0 radical (unpaired) electrons. The van der Waals surface area contributed by atoms with Gasteiger partial charge in [-0.15, -0.1) is 0 Å². The van der Waals surface area contributed by atoms with Crippen molar-refractivity contribution in [2.75, 3.05) is 7.11 Å². The highest BCUT2D eigenvalue weighted by molar-refractivity contribution is 5.95. The van der Waals surface area contributed by atoms with Gasteiger partial charge in [-0.25, -0.2) is 9.78 Å². The van der Waals surface area contributed by atoms with Crippen molar-refractivity contribution in [3.8, 4) is 5.69 Å². The van der Waals surface area contributed by atoms with Crippen molar-refractivity contribution < 1.29 is 32.6 Å². The first-order valence-electron chi connectivity index (χ1n) is 15.4. The minimum absolute atomic E-state index is 0.0205. The summed E-state index contributed by atoms with van der Waals surface area (Å²) in [6.07, 6.45) is -0.506. The van der Waals surface area contributed by atoms with Gasteiger partial charge in [-0.2, -0.15) is 13.2 Å². The van der Waals surface area contributed by atoms with E-state index in [9.17, 15) is 32.7 Å². The summed E-state index contributed by atoms with van der Waals surface area (Å²) >= 11 is 0. The number of hydrogen-bond donors (Lipinski definition) is 2. The molecule has 4 aliphatic rings. The van der Waals surface area contributed by atoms with E-state index in [0.717, 1.165) is 38.5 Å². The van der Waals surface area contributed by atoms with E-state index in [-0.39, 0.29) is 52.5 Å². The third kappa shape index (κ3) is 5.26. The Balaban J connectivity index is 1.23. The van der Waals surface area contributed by atoms with Gasteiger partial charge in [-0.3, -0.25) is 14.2 Å². The van der Waals surface area contributed by atoms with Crippen LogP contribution in [0.5, 0.6) is 0 Å². The van der Waals surface area contributed by atoms with Gasteiger partial charge in [0.1, 0.15) is 17.0 Å². The minimum atomic E-state index is -4.78. The Morgan fingerprint density at radius 3 is 2.28 bits per heavy atom. The number of benzene rings is 2. The van der Waals surface area contributed by atoms with E-state index < -0.39 is 28.9 Å². The van der Waals surface area contributed by atoms with Crippen molar-refractivity contribution >= 4 is 22.9 Å². The molecule has 2 N–H and O–H groups in total. The predicted octanol–water partition coefficient (Wildman–Crippen LogP) is 5.45. The number of methoxy groups -OCH3 is 1. The van der Waals surface area contributed by atoms with E-state index in [1.165, 1.54) is 4.57 Å². The number of carbonyl (C=O) groups is 2. The molecule has 1 amide bonds. The molecular formula is C35H32F3N3O5. The maximum Gasteiger partial charge on any atom is 0.433 e. The summed E-state index contributed by atoms with van der Waals surface area (Å²) in [7, 11) is 1.13. The first-order chi connectivity index (χ1) is 21.9. The van der Waals surface area contributed by atoms with Crippen LogP contribution in [0.1, 0.15) is 69.8 Å². The fraction of sp³-hybridized carbons (Fsp3) is 0.371. The lowest BCUT2D eigenvalue weighted by Crippen LogP contribution is -2.61. The summed E-state index contributed by atoms with van der Waals surface area (Å²) in [6.45, 7) is 0. The van der Waals surface area contributed by atoms with E-state index in [4.69, 9.17) is 4.74 Å². The van der Waals surface area contributed by atoms with Crippen LogP contribution in [0.25, 0.3) is 16.7 Å². The van der Waals surface area contributed by atoms with Gasteiger partial charge in [-0.1, -0.05) is 30.3 Å². The molecule has 4 aliphatic carbocycles. The SMILES string of the molecule is COC(=O)c1c(Cc2ccc(C(=O)N[C@@H]3[C@@H]4C[C@@H]5C[C@H]3C[C@](O)(C5)C4)cc2)c(=O)c2ccc(C(F)(F)F)nc2n1-c1ccccc1. The van der Waals surface area contributed by atoms with E-state index in [2.05, 4.69) is 10.3 Å². The molecule has 0 unspecified atom stereocenters. The smallest absolute Gasteiger partial charge is 0.433 e. The first kappa shape index (κ1) is 30.2. The van der Waals surface area contributed by atoms with Crippen molar-refractivity contribution in [1.29, 1.82) is 0 Å². The fourth-order valence-electron chi connectivity index (χ4n) is 8.20. The number of ether oxygens (including phenoxy) is 1. The van der Waals surface area contributed by atoms with Crippen LogP contribution in [0.15, 0.2) is 71.5 Å². The largest absolute Gasteiger partial charge is 0.464 e. The normalized spacial score (nSPS) is 25.1. The number of aliphatic hydroxyl groups is 1. The number of esters is 1. The number of nitrogens with zero attached hydrogens (tertiary/aromatic N) is 2. The van der Waals surface area contributed by atoms with E-state index in [0.29, 0.717) is 35.6 Å². The number of para-hydroxylation sites is 1. The Labute approximate surface area is 262 Å². The maximum absolute atomic E-state index is 13.8. The Hall–Kier alpha value is -4.51. The molecule has 2 heterocycles. The van der Waals surface area contributed by atoms with Gasteiger partial charge in [0.2, 0.25) is 0 Å². The van der Waals surface area contributed by atoms with Gasteiger partial charge in [0.05, 0.1) is 18.1 Å². The Kier molecular flexibility index (Phi) is 7.26. The van der Waals surface area contributed by atoms with Gasteiger partial charge in [0.25, 0.3) is 5.91 Å².